The number of Topliss-reactive ketones (excluding diaryl/α,β-unsaturated/α-hetero) is 1. The largest absolute Gasteiger partial charge is 0.355 e. The molecule has 0 spiro atoms. The van der Waals surface area contributed by atoms with Crippen molar-refractivity contribution >= 4 is 34.2 Å². The number of ketones is 1. The first-order chi connectivity index (χ1) is 14.9. The zero-order valence-corrected chi connectivity index (χ0v) is 16.8. The maximum atomic E-state index is 12.9. The summed E-state index contributed by atoms with van der Waals surface area (Å²) in [7, 11) is 0. The van der Waals surface area contributed by atoms with Crippen LogP contribution >= 0.6 is 0 Å². The summed E-state index contributed by atoms with van der Waals surface area (Å²) < 4.78 is 0. The molecule has 9 nitrogen and oxygen atoms in total. The standard InChI is InChI=1S/C22H20N4O5/c1-14-13-24(21(28)15-6-3-2-4-7-15)10-11-25(14)22(29)20(27)17-12-23-19-16(17)8-5-9-18(19)26(30)31/h2-9,12,14,23H,10-11,13H2,1H3/t14-/m0/s1. The predicted molar refractivity (Wildman–Crippen MR) is 113 cm³/mol. The van der Waals surface area contributed by atoms with E-state index in [4.69, 9.17) is 0 Å². The third kappa shape index (κ3) is 3.65. The Labute approximate surface area is 177 Å². The molecule has 4 rings (SSSR count). The lowest BCUT2D eigenvalue weighted by atomic mass is 10.1. The first-order valence-electron chi connectivity index (χ1n) is 9.82. The van der Waals surface area contributed by atoms with Crippen molar-refractivity contribution in [2.24, 2.45) is 0 Å². The fourth-order valence-corrected chi connectivity index (χ4v) is 3.93. The average Bonchev–Trinajstić information content (AvgIpc) is 3.22. The predicted octanol–water partition coefficient (Wildman–Crippen LogP) is 2.63. The van der Waals surface area contributed by atoms with Crippen LogP contribution in [0, 0.1) is 10.1 Å². The van der Waals surface area contributed by atoms with Gasteiger partial charge in [-0.25, -0.2) is 0 Å². The van der Waals surface area contributed by atoms with E-state index in [1.165, 1.54) is 23.2 Å². The summed E-state index contributed by atoms with van der Waals surface area (Å²) in [5.74, 6) is -1.54. The molecular weight excluding hydrogens is 400 g/mol. The van der Waals surface area contributed by atoms with Gasteiger partial charge in [0.25, 0.3) is 23.3 Å². The third-order valence-electron chi connectivity index (χ3n) is 5.53. The number of fused-ring (bicyclic) bond motifs is 1. The number of para-hydroxylation sites is 1. The molecule has 9 heteroatoms. The molecule has 1 aliphatic heterocycles. The van der Waals surface area contributed by atoms with Crippen molar-refractivity contribution in [3.8, 4) is 0 Å². The van der Waals surface area contributed by atoms with E-state index in [1.54, 1.807) is 42.2 Å². The van der Waals surface area contributed by atoms with Crippen LogP contribution in [0.1, 0.15) is 27.6 Å². The van der Waals surface area contributed by atoms with Crippen molar-refractivity contribution < 1.29 is 19.3 Å². The number of hydrogen-bond donors (Lipinski definition) is 1. The first-order valence-corrected chi connectivity index (χ1v) is 9.82. The van der Waals surface area contributed by atoms with Crippen molar-refractivity contribution in [1.29, 1.82) is 0 Å². The van der Waals surface area contributed by atoms with Crippen LogP contribution in [-0.4, -0.2) is 63.0 Å². The molecule has 0 radical (unpaired) electrons. The van der Waals surface area contributed by atoms with Gasteiger partial charge in [0.15, 0.2) is 0 Å². The Hall–Kier alpha value is -4.01. The highest BCUT2D eigenvalue weighted by molar-refractivity contribution is 6.45. The van der Waals surface area contributed by atoms with Crippen LogP contribution in [-0.2, 0) is 4.79 Å². The number of nitro benzene ring substituents is 1. The van der Waals surface area contributed by atoms with E-state index in [0.29, 0.717) is 24.0 Å². The number of rotatable bonds is 4. The Bertz CT molecular complexity index is 1190. The Balaban J connectivity index is 1.51. The smallest absolute Gasteiger partial charge is 0.295 e. The Morgan fingerprint density at radius 2 is 1.81 bits per heavy atom. The zero-order valence-electron chi connectivity index (χ0n) is 16.8. The number of aromatic nitrogens is 1. The highest BCUT2D eigenvalue weighted by Crippen LogP contribution is 2.28. The van der Waals surface area contributed by atoms with Gasteiger partial charge in [0.1, 0.15) is 5.52 Å². The monoisotopic (exact) mass is 420 g/mol. The summed E-state index contributed by atoms with van der Waals surface area (Å²) >= 11 is 0. The van der Waals surface area contributed by atoms with Gasteiger partial charge in [0, 0.05) is 48.9 Å². The van der Waals surface area contributed by atoms with E-state index in [0.717, 1.165) is 0 Å². The van der Waals surface area contributed by atoms with E-state index in [2.05, 4.69) is 4.98 Å². The van der Waals surface area contributed by atoms with E-state index in [1.807, 2.05) is 6.07 Å². The molecule has 1 saturated heterocycles. The lowest BCUT2D eigenvalue weighted by Gasteiger charge is -2.39. The van der Waals surface area contributed by atoms with Crippen molar-refractivity contribution in [3.05, 3.63) is 76.0 Å². The zero-order chi connectivity index (χ0) is 22.1. The van der Waals surface area contributed by atoms with Gasteiger partial charge in [-0.05, 0) is 19.1 Å². The fourth-order valence-electron chi connectivity index (χ4n) is 3.93. The van der Waals surface area contributed by atoms with Gasteiger partial charge in [-0.1, -0.05) is 30.3 Å². The number of carbonyl (C=O) groups is 3. The number of hydrogen-bond acceptors (Lipinski definition) is 5. The van der Waals surface area contributed by atoms with Gasteiger partial charge in [-0.15, -0.1) is 0 Å². The second-order valence-electron chi connectivity index (χ2n) is 7.45. The summed E-state index contributed by atoms with van der Waals surface area (Å²) in [6.07, 6.45) is 1.33. The number of nitrogens with one attached hydrogen (secondary N) is 1. The summed E-state index contributed by atoms with van der Waals surface area (Å²) in [5, 5.41) is 11.5. The second kappa shape index (κ2) is 8.02. The molecule has 0 saturated carbocycles. The lowest BCUT2D eigenvalue weighted by Crippen LogP contribution is -2.56. The van der Waals surface area contributed by atoms with E-state index >= 15 is 0 Å². The normalized spacial score (nSPS) is 16.4. The highest BCUT2D eigenvalue weighted by atomic mass is 16.6. The van der Waals surface area contributed by atoms with Crippen LogP contribution in [0.15, 0.2) is 54.7 Å². The number of benzene rings is 2. The van der Waals surface area contributed by atoms with Gasteiger partial charge >= 0.3 is 0 Å². The minimum Gasteiger partial charge on any atom is -0.355 e. The molecule has 1 aromatic heterocycles. The summed E-state index contributed by atoms with van der Waals surface area (Å²) in [5.41, 5.74) is 0.713. The van der Waals surface area contributed by atoms with Crippen LogP contribution < -0.4 is 0 Å². The van der Waals surface area contributed by atoms with E-state index in [-0.39, 0.29) is 35.3 Å². The summed E-state index contributed by atoms with van der Waals surface area (Å²) in [4.78, 5) is 55.1. The third-order valence-corrected chi connectivity index (χ3v) is 5.53. The summed E-state index contributed by atoms with van der Waals surface area (Å²) in [6.45, 7) is 2.64. The summed E-state index contributed by atoms with van der Waals surface area (Å²) in [6, 6.07) is 12.9. The second-order valence-corrected chi connectivity index (χ2v) is 7.45. The van der Waals surface area contributed by atoms with Crippen LogP contribution in [0.3, 0.4) is 0 Å². The SMILES string of the molecule is C[C@H]1CN(C(=O)c2ccccc2)CCN1C(=O)C(=O)c1c[nH]c2c([N+](=O)[O-])cccc12. The van der Waals surface area contributed by atoms with E-state index < -0.39 is 16.6 Å². The van der Waals surface area contributed by atoms with Gasteiger partial charge in [0.05, 0.1) is 10.5 Å². The van der Waals surface area contributed by atoms with Crippen molar-refractivity contribution in [1.82, 2.24) is 14.8 Å². The molecule has 2 aromatic carbocycles. The van der Waals surface area contributed by atoms with Gasteiger partial charge in [0.2, 0.25) is 0 Å². The van der Waals surface area contributed by atoms with Crippen LogP contribution in [0.4, 0.5) is 5.69 Å². The molecule has 0 bridgehead atoms. The Morgan fingerprint density at radius 3 is 2.48 bits per heavy atom. The van der Waals surface area contributed by atoms with Crippen molar-refractivity contribution in [3.63, 3.8) is 0 Å². The van der Waals surface area contributed by atoms with Crippen molar-refractivity contribution in [2.45, 2.75) is 13.0 Å². The van der Waals surface area contributed by atoms with Crippen molar-refractivity contribution in [2.75, 3.05) is 19.6 Å². The lowest BCUT2D eigenvalue weighted by molar-refractivity contribution is -0.383. The molecule has 2 amide bonds. The van der Waals surface area contributed by atoms with Gasteiger partial charge < -0.3 is 14.8 Å². The number of nitrogens with zero attached hydrogens (tertiary/aromatic N) is 3. The van der Waals surface area contributed by atoms with Gasteiger partial charge in [-0.3, -0.25) is 24.5 Å². The number of non-ortho nitro benzene ring substituents is 1. The molecule has 1 N–H and O–H groups in total. The quantitative estimate of drug-likeness (QED) is 0.301. The minimum absolute atomic E-state index is 0.0960. The molecule has 158 valence electrons. The molecule has 0 unspecified atom stereocenters. The average molecular weight is 420 g/mol. The topological polar surface area (TPSA) is 117 Å². The Morgan fingerprint density at radius 1 is 1.06 bits per heavy atom. The number of piperazine rings is 1. The molecule has 2 heterocycles. The number of amides is 2. The molecule has 1 atom stereocenters. The van der Waals surface area contributed by atoms with Gasteiger partial charge in [-0.2, -0.15) is 0 Å². The maximum Gasteiger partial charge on any atom is 0.295 e. The molecule has 31 heavy (non-hydrogen) atoms. The van der Waals surface area contributed by atoms with Crippen LogP contribution in [0.25, 0.3) is 10.9 Å². The van der Waals surface area contributed by atoms with Crippen LogP contribution in [0.5, 0.6) is 0 Å². The number of carbonyl (C=O) groups excluding carboxylic acids is 3. The number of H-pyrrole nitrogens is 1. The first kappa shape index (κ1) is 20.3. The number of aromatic amines is 1. The molecular formula is C22H20N4O5. The number of nitro groups is 1. The fraction of sp³-hybridized carbons (Fsp3) is 0.227. The maximum absolute atomic E-state index is 12.9. The molecule has 0 aliphatic carbocycles. The molecule has 3 aromatic rings. The van der Waals surface area contributed by atoms with E-state index in [9.17, 15) is 24.5 Å². The molecule has 1 fully saturated rings. The Kier molecular flexibility index (Phi) is 5.24. The minimum atomic E-state index is -0.735. The highest BCUT2D eigenvalue weighted by Gasteiger charge is 2.34. The van der Waals surface area contributed by atoms with Crippen LogP contribution in [0.2, 0.25) is 0 Å². The molecule has 1 aliphatic rings.